The number of halogens is 5. The molecule has 0 bridgehead atoms. The van der Waals surface area contributed by atoms with Crippen molar-refractivity contribution in [2.45, 2.75) is 0 Å². The van der Waals surface area contributed by atoms with Crippen molar-refractivity contribution in [1.29, 1.82) is 0 Å². The molecule has 1 aliphatic heterocycles. The maximum atomic E-state index is 6.07. The fraction of sp³-hybridized carbons (Fsp3) is 0. The van der Waals surface area contributed by atoms with E-state index in [1.165, 1.54) is 6.07 Å². The number of hydrogen-bond acceptors (Lipinski definition) is 2. The van der Waals surface area contributed by atoms with Crippen LogP contribution in [0, 0.1) is 0 Å². The van der Waals surface area contributed by atoms with Crippen molar-refractivity contribution < 1.29 is 9.47 Å². The summed E-state index contributed by atoms with van der Waals surface area (Å²) in [5.41, 5.74) is 0. The quantitative estimate of drug-likeness (QED) is 0.410. The van der Waals surface area contributed by atoms with Gasteiger partial charge in [0.25, 0.3) is 0 Å². The van der Waals surface area contributed by atoms with E-state index < -0.39 is 0 Å². The summed E-state index contributed by atoms with van der Waals surface area (Å²) < 4.78 is 11.3. The van der Waals surface area contributed by atoms with Crippen molar-refractivity contribution in [3.8, 4) is 23.0 Å². The Morgan fingerprint density at radius 1 is 0.632 bits per heavy atom. The number of hydrogen-bond donors (Lipinski definition) is 0. The average Bonchev–Trinajstić information content (AvgIpc) is 2.39. The van der Waals surface area contributed by atoms with Crippen molar-refractivity contribution in [1.82, 2.24) is 0 Å². The normalized spacial score (nSPS) is 12.3. The maximum absolute atomic E-state index is 6.07. The Hall–Kier alpha value is -0.510. The highest BCUT2D eigenvalue weighted by Gasteiger charge is 2.28. The van der Waals surface area contributed by atoms with Crippen LogP contribution in [0.4, 0.5) is 0 Å². The molecule has 0 aliphatic carbocycles. The Morgan fingerprint density at radius 3 is 2.05 bits per heavy atom. The minimum Gasteiger partial charge on any atom is -0.448 e. The van der Waals surface area contributed by atoms with E-state index in [1.807, 2.05) is 0 Å². The van der Waals surface area contributed by atoms with Crippen LogP contribution in [0.25, 0.3) is 0 Å². The Kier molecular flexibility index (Phi) is 3.40. The maximum Gasteiger partial charge on any atom is 0.191 e. The lowest BCUT2D eigenvalue weighted by molar-refractivity contribution is 0.360. The molecule has 0 fully saturated rings. The fourth-order valence-electron chi connectivity index (χ4n) is 1.64. The van der Waals surface area contributed by atoms with Crippen molar-refractivity contribution in [3.05, 3.63) is 43.3 Å². The van der Waals surface area contributed by atoms with Crippen LogP contribution in [0.5, 0.6) is 23.0 Å². The van der Waals surface area contributed by atoms with E-state index in [9.17, 15) is 0 Å². The topological polar surface area (TPSA) is 18.5 Å². The van der Waals surface area contributed by atoms with Crippen LogP contribution < -0.4 is 9.47 Å². The number of rotatable bonds is 0. The van der Waals surface area contributed by atoms with Gasteiger partial charge in [0.05, 0.1) is 15.1 Å². The van der Waals surface area contributed by atoms with Crippen LogP contribution in [0.3, 0.4) is 0 Å². The average molecular weight is 356 g/mol. The zero-order valence-corrected chi connectivity index (χ0v) is 12.7. The van der Waals surface area contributed by atoms with Gasteiger partial charge < -0.3 is 9.47 Å². The van der Waals surface area contributed by atoms with Gasteiger partial charge in [-0.25, -0.2) is 0 Å². The zero-order chi connectivity index (χ0) is 13.7. The summed E-state index contributed by atoms with van der Waals surface area (Å²) in [6, 6.07) is 4.69. The summed E-state index contributed by atoms with van der Waals surface area (Å²) in [6.45, 7) is 0. The molecule has 19 heavy (non-hydrogen) atoms. The Balaban J connectivity index is 2.22. The van der Waals surface area contributed by atoms with E-state index >= 15 is 0 Å². The largest absolute Gasteiger partial charge is 0.448 e. The van der Waals surface area contributed by atoms with Crippen LogP contribution in [-0.4, -0.2) is 0 Å². The summed E-state index contributed by atoms with van der Waals surface area (Å²) in [7, 11) is 0. The molecule has 98 valence electrons. The van der Waals surface area contributed by atoms with Gasteiger partial charge in [-0.2, -0.15) is 0 Å². The molecule has 0 aromatic heterocycles. The zero-order valence-electron chi connectivity index (χ0n) is 8.94. The SMILES string of the molecule is Clc1ccc2c(c1Cl)Oc1c(Cl)cc(Cl)c(Cl)c1O2. The minimum absolute atomic E-state index is 0.220. The molecule has 1 aliphatic rings. The summed E-state index contributed by atoms with van der Waals surface area (Å²) in [5, 5.41) is 1.36. The Bertz CT molecular complexity index is 699. The first kappa shape index (κ1) is 13.5. The monoisotopic (exact) mass is 354 g/mol. The Morgan fingerprint density at radius 2 is 1.32 bits per heavy atom. The second-order valence-corrected chi connectivity index (χ2v) is 5.68. The van der Waals surface area contributed by atoms with Gasteiger partial charge in [0.15, 0.2) is 23.0 Å². The van der Waals surface area contributed by atoms with Gasteiger partial charge in [0.1, 0.15) is 10.0 Å². The molecule has 7 heteroatoms. The van der Waals surface area contributed by atoms with Gasteiger partial charge in [-0.15, -0.1) is 0 Å². The first-order chi connectivity index (χ1) is 8.99. The highest BCUT2D eigenvalue weighted by molar-refractivity contribution is 6.45. The van der Waals surface area contributed by atoms with Crippen LogP contribution in [0.1, 0.15) is 0 Å². The highest BCUT2D eigenvalue weighted by Crippen LogP contribution is 2.56. The third-order valence-electron chi connectivity index (χ3n) is 2.52. The lowest BCUT2D eigenvalue weighted by Gasteiger charge is -2.23. The number of fused-ring (bicyclic) bond motifs is 2. The second kappa shape index (κ2) is 4.80. The molecule has 2 aromatic carbocycles. The molecule has 3 rings (SSSR count). The molecular formula is C12H3Cl5O2. The van der Waals surface area contributed by atoms with Gasteiger partial charge >= 0.3 is 0 Å². The molecular weight excluding hydrogens is 353 g/mol. The molecule has 2 nitrogen and oxygen atoms in total. The molecule has 0 radical (unpaired) electrons. The van der Waals surface area contributed by atoms with E-state index in [0.29, 0.717) is 16.5 Å². The van der Waals surface area contributed by atoms with Crippen molar-refractivity contribution in [2.75, 3.05) is 0 Å². The van der Waals surface area contributed by atoms with Gasteiger partial charge in [0, 0.05) is 0 Å². The predicted molar refractivity (Wildman–Crippen MR) is 78.1 cm³/mol. The van der Waals surface area contributed by atoms with Crippen LogP contribution in [0.15, 0.2) is 18.2 Å². The highest BCUT2D eigenvalue weighted by atomic mass is 35.5. The number of ether oxygens (including phenoxy) is 2. The van der Waals surface area contributed by atoms with Crippen molar-refractivity contribution in [2.24, 2.45) is 0 Å². The smallest absolute Gasteiger partial charge is 0.191 e. The second-order valence-electron chi connectivity index (χ2n) is 3.71. The van der Waals surface area contributed by atoms with Crippen molar-refractivity contribution >= 4 is 58.0 Å². The first-order valence-corrected chi connectivity index (χ1v) is 6.89. The first-order valence-electron chi connectivity index (χ1n) is 5.00. The fourth-order valence-corrected chi connectivity index (χ4v) is 2.65. The summed E-state index contributed by atoms with van der Waals surface area (Å²) in [6.07, 6.45) is 0. The summed E-state index contributed by atoms with van der Waals surface area (Å²) in [4.78, 5) is 0. The predicted octanol–water partition coefficient (Wildman–Crippen LogP) is 6.85. The molecule has 0 unspecified atom stereocenters. The standard InChI is InChI=1S/C12H3Cl5O2/c13-4-1-2-7-11(8(4)16)19-10-6(15)3-5(14)9(17)12(10)18-7/h1-3H. The summed E-state index contributed by atoms with van der Waals surface area (Å²) in [5.74, 6) is 1.20. The van der Waals surface area contributed by atoms with E-state index in [1.54, 1.807) is 12.1 Å². The van der Waals surface area contributed by atoms with E-state index in [0.717, 1.165) is 0 Å². The lowest BCUT2D eigenvalue weighted by atomic mass is 10.2. The van der Waals surface area contributed by atoms with Gasteiger partial charge in [-0.1, -0.05) is 58.0 Å². The molecule has 0 atom stereocenters. The van der Waals surface area contributed by atoms with Crippen LogP contribution in [0.2, 0.25) is 25.1 Å². The van der Waals surface area contributed by atoms with E-state index in [2.05, 4.69) is 0 Å². The van der Waals surface area contributed by atoms with Crippen molar-refractivity contribution in [3.63, 3.8) is 0 Å². The van der Waals surface area contributed by atoms with E-state index in [-0.39, 0.29) is 31.6 Å². The van der Waals surface area contributed by atoms with Gasteiger partial charge in [-0.05, 0) is 18.2 Å². The van der Waals surface area contributed by atoms with Crippen LogP contribution >= 0.6 is 58.0 Å². The lowest BCUT2D eigenvalue weighted by Crippen LogP contribution is -2.01. The minimum atomic E-state index is 0.220. The van der Waals surface area contributed by atoms with Crippen LogP contribution in [-0.2, 0) is 0 Å². The molecule has 0 N–H and O–H groups in total. The third-order valence-corrected chi connectivity index (χ3v) is 4.35. The number of benzene rings is 2. The van der Waals surface area contributed by atoms with Gasteiger partial charge in [0.2, 0.25) is 0 Å². The molecule has 0 spiro atoms. The van der Waals surface area contributed by atoms with Gasteiger partial charge in [-0.3, -0.25) is 0 Å². The third kappa shape index (κ3) is 2.12. The molecule has 0 amide bonds. The summed E-state index contributed by atoms with van der Waals surface area (Å²) >= 11 is 30.0. The molecule has 1 heterocycles. The van der Waals surface area contributed by atoms with E-state index in [4.69, 9.17) is 67.5 Å². The Labute approximate surface area is 133 Å². The molecule has 0 saturated carbocycles. The molecule has 2 aromatic rings. The molecule has 0 saturated heterocycles.